The molecule has 1 N–H and O–H groups in total. The first-order valence-corrected chi connectivity index (χ1v) is 8.12. The molecule has 0 radical (unpaired) electrons. The third kappa shape index (κ3) is 2.75. The van der Waals surface area contributed by atoms with Crippen molar-refractivity contribution in [2.75, 3.05) is 0 Å². The minimum atomic E-state index is -1.46. The molecule has 4 rings (SSSR count). The second kappa shape index (κ2) is 6.24. The van der Waals surface area contributed by atoms with E-state index in [-0.39, 0.29) is 39.2 Å². The van der Waals surface area contributed by atoms with Gasteiger partial charge in [-0.2, -0.15) is 0 Å². The van der Waals surface area contributed by atoms with Gasteiger partial charge < -0.3 is 24.5 Å². The van der Waals surface area contributed by atoms with Gasteiger partial charge in [0.05, 0.1) is 11.5 Å². The largest absolute Gasteiger partial charge is 0.872 e. The fourth-order valence-corrected chi connectivity index (χ4v) is 3.21. The highest BCUT2D eigenvalue weighted by Gasteiger charge is 2.22. The average molecular weight is 374 g/mol. The predicted molar refractivity (Wildman–Crippen MR) is 95.3 cm³/mol. The van der Waals surface area contributed by atoms with E-state index in [1.807, 2.05) is 0 Å². The molecule has 0 bridgehead atoms. The highest BCUT2D eigenvalue weighted by molar-refractivity contribution is 6.08. The van der Waals surface area contributed by atoms with E-state index in [1.165, 1.54) is 48.5 Å². The first-order valence-electron chi connectivity index (χ1n) is 8.12. The molecule has 2 aromatic carbocycles. The third-order valence-electron chi connectivity index (χ3n) is 4.42. The fourth-order valence-electron chi connectivity index (χ4n) is 3.21. The summed E-state index contributed by atoms with van der Waals surface area (Å²) in [5, 5.41) is 33.1. The van der Waals surface area contributed by atoms with Gasteiger partial charge in [-0.25, -0.2) is 4.79 Å². The number of carbonyl (C=O) groups excluding carboxylic acids is 1. The zero-order chi connectivity index (χ0) is 20.0. The van der Waals surface area contributed by atoms with Crippen LogP contribution in [-0.4, -0.2) is 17.0 Å². The van der Waals surface area contributed by atoms with Crippen LogP contribution >= 0.6 is 0 Å². The third-order valence-corrected chi connectivity index (χ3v) is 4.42. The molecule has 0 spiro atoms. The molecule has 138 valence electrons. The number of fused-ring (bicyclic) bond motifs is 2. The van der Waals surface area contributed by atoms with Crippen molar-refractivity contribution < 1.29 is 29.3 Å². The monoisotopic (exact) mass is 374 g/mol. The van der Waals surface area contributed by atoms with Crippen LogP contribution in [0.25, 0.3) is 33.4 Å². The van der Waals surface area contributed by atoms with E-state index >= 15 is 0 Å². The number of hydrogen-bond acceptors (Lipinski definition) is 6. The van der Waals surface area contributed by atoms with Gasteiger partial charge in [0.25, 0.3) is 0 Å². The highest BCUT2D eigenvalue weighted by atomic mass is 16.4. The minimum absolute atomic E-state index is 0.109. The summed E-state index contributed by atoms with van der Waals surface area (Å²) in [5.41, 5.74) is 0.328. The molecule has 1 heterocycles. The van der Waals surface area contributed by atoms with Crippen LogP contribution in [0.5, 0.6) is 5.75 Å². The maximum Gasteiger partial charge on any atom is 0.336 e. The SMILES string of the molecule is O=C([O-])c1ccc(C(=O)O)c(-c2c3ccc(=O)cc-3oc3cc([O-])ccc23)c1. The lowest BCUT2D eigenvalue weighted by Crippen LogP contribution is -2.22. The van der Waals surface area contributed by atoms with Crippen molar-refractivity contribution >= 4 is 22.9 Å². The molecule has 0 atom stereocenters. The number of benzene rings is 3. The lowest BCUT2D eigenvalue weighted by Gasteiger charge is -2.18. The molecule has 1 aliphatic heterocycles. The molecule has 1 aliphatic carbocycles. The predicted octanol–water partition coefficient (Wildman–Crippen LogP) is 1.70. The Hall–Kier alpha value is -4.13. The minimum Gasteiger partial charge on any atom is -0.872 e. The van der Waals surface area contributed by atoms with E-state index in [0.29, 0.717) is 16.5 Å². The Morgan fingerprint density at radius 2 is 1.71 bits per heavy atom. The summed E-state index contributed by atoms with van der Waals surface area (Å²) in [7, 11) is 0. The molecule has 28 heavy (non-hydrogen) atoms. The van der Waals surface area contributed by atoms with Crippen molar-refractivity contribution in [3.05, 3.63) is 75.9 Å². The normalized spacial score (nSPS) is 11.0. The van der Waals surface area contributed by atoms with Gasteiger partial charge in [-0.1, -0.05) is 18.2 Å². The van der Waals surface area contributed by atoms with Crippen LogP contribution < -0.4 is 15.6 Å². The summed E-state index contributed by atoms with van der Waals surface area (Å²) in [6.07, 6.45) is 0. The van der Waals surface area contributed by atoms with Gasteiger partial charge in [-0.3, -0.25) is 4.79 Å². The lowest BCUT2D eigenvalue weighted by atomic mass is 9.89. The molecular weight excluding hydrogens is 364 g/mol. The maximum absolute atomic E-state index is 11.8. The van der Waals surface area contributed by atoms with Crippen LogP contribution in [0.15, 0.2) is 63.8 Å². The zero-order valence-electron chi connectivity index (χ0n) is 14.1. The summed E-state index contributed by atoms with van der Waals surface area (Å²) in [6, 6.07) is 11.5. The topological polar surface area (TPSA) is 131 Å². The number of rotatable bonds is 3. The quantitative estimate of drug-likeness (QED) is 0.540. The molecular formula is C21H10O7-2. The van der Waals surface area contributed by atoms with Crippen LogP contribution in [-0.2, 0) is 0 Å². The summed E-state index contributed by atoms with van der Waals surface area (Å²) in [4.78, 5) is 34.8. The van der Waals surface area contributed by atoms with Gasteiger partial charge in [0.15, 0.2) is 5.43 Å². The molecule has 7 nitrogen and oxygen atoms in total. The summed E-state index contributed by atoms with van der Waals surface area (Å²) in [6.45, 7) is 0. The number of carbonyl (C=O) groups is 2. The fraction of sp³-hybridized carbons (Fsp3) is 0. The van der Waals surface area contributed by atoms with E-state index in [4.69, 9.17) is 4.42 Å². The Morgan fingerprint density at radius 1 is 0.929 bits per heavy atom. The van der Waals surface area contributed by atoms with Crippen molar-refractivity contribution in [1.82, 2.24) is 0 Å². The molecule has 0 saturated heterocycles. The maximum atomic E-state index is 11.8. The van der Waals surface area contributed by atoms with Crippen molar-refractivity contribution in [1.29, 1.82) is 0 Å². The van der Waals surface area contributed by atoms with Crippen LogP contribution in [0.1, 0.15) is 20.7 Å². The van der Waals surface area contributed by atoms with E-state index in [9.17, 15) is 29.7 Å². The van der Waals surface area contributed by atoms with Crippen LogP contribution in [0.3, 0.4) is 0 Å². The standard InChI is InChI=1S/C21H12O7/c22-11-2-5-14-17(8-11)28-18-9-12(23)3-6-15(18)19(14)16-7-10(20(24)25)1-4-13(16)21(26)27/h1-9,22H,(H,24,25)(H,26,27)/p-2. The van der Waals surface area contributed by atoms with Crippen LogP contribution in [0.2, 0.25) is 0 Å². The second-order valence-corrected chi connectivity index (χ2v) is 6.15. The van der Waals surface area contributed by atoms with Gasteiger partial charge in [0, 0.05) is 22.6 Å². The zero-order valence-corrected chi connectivity index (χ0v) is 14.1. The Kier molecular flexibility index (Phi) is 3.85. The Labute approximate surface area is 157 Å². The van der Waals surface area contributed by atoms with E-state index < -0.39 is 11.9 Å². The van der Waals surface area contributed by atoms with Crippen molar-refractivity contribution in [3.8, 4) is 28.2 Å². The average Bonchev–Trinajstić information content (AvgIpc) is 2.65. The number of hydrogen-bond donors (Lipinski definition) is 1. The number of aromatic carboxylic acids is 2. The molecule has 0 aromatic heterocycles. The van der Waals surface area contributed by atoms with Gasteiger partial charge in [0.1, 0.15) is 11.3 Å². The smallest absolute Gasteiger partial charge is 0.336 e. The van der Waals surface area contributed by atoms with Crippen molar-refractivity contribution in [2.24, 2.45) is 0 Å². The van der Waals surface area contributed by atoms with Gasteiger partial charge in [-0.15, -0.1) is 5.75 Å². The summed E-state index contributed by atoms with van der Waals surface area (Å²) in [5.74, 6) is -2.91. The van der Waals surface area contributed by atoms with Crippen LogP contribution in [0.4, 0.5) is 0 Å². The second-order valence-electron chi connectivity index (χ2n) is 6.15. The Balaban J connectivity index is 2.22. The number of carboxylic acids is 2. The van der Waals surface area contributed by atoms with Crippen molar-refractivity contribution in [3.63, 3.8) is 0 Å². The summed E-state index contributed by atoms with van der Waals surface area (Å²) >= 11 is 0. The molecule has 7 heteroatoms. The van der Waals surface area contributed by atoms with E-state index in [2.05, 4.69) is 0 Å². The molecule has 0 fully saturated rings. The summed E-state index contributed by atoms with van der Waals surface area (Å²) < 4.78 is 5.67. The Bertz CT molecular complexity index is 1300. The van der Waals surface area contributed by atoms with E-state index in [0.717, 1.165) is 6.07 Å². The lowest BCUT2D eigenvalue weighted by molar-refractivity contribution is -0.268. The number of carboxylic acid groups (broad SMARTS) is 2. The first kappa shape index (κ1) is 17.3. The molecule has 2 aliphatic rings. The van der Waals surface area contributed by atoms with Crippen LogP contribution in [0, 0.1) is 0 Å². The molecule has 0 saturated carbocycles. The highest BCUT2D eigenvalue weighted by Crippen LogP contribution is 2.41. The van der Waals surface area contributed by atoms with Gasteiger partial charge >= 0.3 is 5.97 Å². The van der Waals surface area contributed by atoms with E-state index in [1.54, 1.807) is 0 Å². The van der Waals surface area contributed by atoms with Crippen molar-refractivity contribution in [2.45, 2.75) is 0 Å². The Morgan fingerprint density at radius 3 is 2.43 bits per heavy atom. The molecule has 2 aromatic rings. The van der Waals surface area contributed by atoms with Gasteiger partial charge in [-0.05, 0) is 41.5 Å². The first-order chi connectivity index (χ1) is 13.3. The van der Waals surface area contributed by atoms with Gasteiger partial charge in [0.2, 0.25) is 0 Å². The molecule has 0 unspecified atom stereocenters. The molecule has 0 amide bonds.